The molecule has 0 bridgehead atoms. The number of thiophene rings is 1. The second-order valence-corrected chi connectivity index (χ2v) is 12.8. The number of rotatable bonds is 4. The van der Waals surface area contributed by atoms with E-state index in [4.69, 9.17) is 19.9 Å². The van der Waals surface area contributed by atoms with Crippen molar-refractivity contribution in [3.8, 4) is 44.7 Å². The van der Waals surface area contributed by atoms with Gasteiger partial charge in [0.05, 0.1) is 10.2 Å². The van der Waals surface area contributed by atoms with Crippen LogP contribution in [0.3, 0.4) is 0 Å². The SMILES string of the molecule is c1ccc(-c2nc(-c3ccc4ccccc4c3)nc(-c3cccc4sc5ccc6sc(-c7ccccc7)nc6c5c34)n2)cc1. The quantitative estimate of drug-likeness (QED) is 0.202. The molecule has 0 fully saturated rings. The van der Waals surface area contributed by atoms with E-state index >= 15 is 0 Å². The van der Waals surface area contributed by atoms with Gasteiger partial charge in [0.1, 0.15) is 5.01 Å². The first kappa shape index (κ1) is 25.2. The van der Waals surface area contributed by atoms with Gasteiger partial charge in [-0.3, -0.25) is 0 Å². The lowest BCUT2D eigenvalue weighted by molar-refractivity contribution is 1.08. The second kappa shape index (κ2) is 10.2. The van der Waals surface area contributed by atoms with E-state index in [0.717, 1.165) is 48.9 Å². The van der Waals surface area contributed by atoms with E-state index in [1.54, 1.807) is 22.7 Å². The Hall–Kier alpha value is -5.30. The minimum atomic E-state index is 0.653. The van der Waals surface area contributed by atoms with Gasteiger partial charge < -0.3 is 0 Å². The van der Waals surface area contributed by atoms with E-state index < -0.39 is 0 Å². The lowest BCUT2D eigenvalue weighted by atomic mass is 10.0. The fraction of sp³-hybridized carbons (Fsp3) is 0. The molecule has 44 heavy (non-hydrogen) atoms. The summed E-state index contributed by atoms with van der Waals surface area (Å²) in [6, 6.07) is 46.2. The van der Waals surface area contributed by atoms with Gasteiger partial charge in [0.25, 0.3) is 0 Å². The van der Waals surface area contributed by atoms with Gasteiger partial charge in [0.2, 0.25) is 0 Å². The van der Waals surface area contributed by atoms with Crippen molar-refractivity contribution in [1.29, 1.82) is 0 Å². The number of aromatic nitrogens is 4. The van der Waals surface area contributed by atoms with Crippen molar-refractivity contribution < 1.29 is 0 Å². The maximum absolute atomic E-state index is 5.20. The van der Waals surface area contributed by atoms with Crippen LogP contribution in [0.25, 0.3) is 85.9 Å². The Kier molecular flexibility index (Phi) is 5.82. The van der Waals surface area contributed by atoms with E-state index in [0.29, 0.717) is 17.5 Å². The summed E-state index contributed by atoms with van der Waals surface area (Å²) < 4.78 is 3.56. The van der Waals surface area contributed by atoms with Crippen molar-refractivity contribution >= 4 is 63.8 Å². The van der Waals surface area contributed by atoms with Crippen LogP contribution in [0.4, 0.5) is 0 Å². The normalized spacial score (nSPS) is 11.6. The first-order chi connectivity index (χ1) is 21.8. The maximum Gasteiger partial charge on any atom is 0.164 e. The van der Waals surface area contributed by atoms with Crippen LogP contribution in [0.5, 0.6) is 0 Å². The van der Waals surface area contributed by atoms with Crippen molar-refractivity contribution in [2.24, 2.45) is 0 Å². The first-order valence-electron chi connectivity index (χ1n) is 14.4. The van der Waals surface area contributed by atoms with Gasteiger partial charge in [0, 0.05) is 42.4 Å². The molecule has 0 N–H and O–H groups in total. The van der Waals surface area contributed by atoms with E-state index in [-0.39, 0.29) is 0 Å². The Morgan fingerprint density at radius 3 is 1.86 bits per heavy atom. The third-order valence-corrected chi connectivity index (χ3v) is 10.1. The molecule has 0 saturated heterocycles. The summed E-state index contributed by atoms with van der Waals surface area (Å²) in [4.78, 5) is 20.4. The summed E-state index contributed by atoms with van der Waals surface area (Å²) >= 11 is 3.52. The first-order valence-corrected chi connectivity index (χ1v) is 16.0. The average Bonchev–Trinajstić information content (AvgIpc) is 3.70. The van der Waals surface area contributed by atoms with Crippen LogP contribution in [0, 0.1) is 0 Å². The Morgan fingerprint density at radius 2 is 1.05 bits per heavy atom. The fourth-order valence-corrected chi connectivity index (χ4v) is 7.97. The van der Waals surface area contributed by atoms with Crippen molar-refractivity contribution in [1.82, 2.24) is 19.9 Å². The number of thiazole rings is 1. The minimum absolute atomic E-state index is 0.653. The molecule has 9 aromatic rings. The minimum Gasteiger partial charge on any atom is -0.235 e. The maximum atomic E-state index is 5.20. The van der Waals surface area contributed by atoms with Crippen molar-refractivity contribution in [2.75, 3.05) is 0 Å². The number of hydrogen-bond acceptors (Lipinski definition) is 6. The van der Waals surface area contributed by atoms with E-state index in [9.17, 15) is 0 Å². The molecule has 0 aliphatic heterocycles. The molecule has 0 spiro atoms. The molecule has 0 atom stereocenters. The molecule has 0 amide bonds. The molecule has 3 aromatic heterocycles. The van der Waals surface area contributed by atoms with Gasteiger partial charge in [-0.25, -0.2) is 19.9 Å². The highest BCUT2D eigenvalue weighted by atomic mass is 32.1. The Balaban J connectivity index is 1.31. The zero-order valence-electron chi connectivity index (χ0n) is 23.3. The molecule has 0 aliphatic carbocycles. The number of fused-ring (bicyclic) bond motifs is 6. The highest BCUT2D eigenvalue weighted by Gasteiger charge is 2.20. The Labute approximate surface area is 261 Å². The van der Waals surface area contributed by atoms with Gasteiger partial charge in [-0.2, -0.15) is 0 Å². The molecule has 0 radical (unpaired) electrons. The molecule has 0 aliphatic rings. The third-order valence-electron chi connectivity index (χ3n) is 7.96. The number of benzene rings is 6. The summed E-state index contributed by atoms with van der Waals surface area (Å²) in [5, 5.41) is 5.66. The lowest BCUT2D eigenvalue weighted by Gasteiger charge is -2.10. The molecule has 3 heterocycles. The van der Waals surface area contributed by atoms with E-state index in [1.807, 2.05) is 36.4 Å². The van der Waals surface area contributed by atoms with Crippen molar-refractivity contribution in [3.63, 3.8) is 0 Å². The summed E-state index contributed by atoms with van der Waals surface area (Å²) in [5.74, 6) is 1.96. The summed E-state index contributed by atoms with van der Waals surface area (Å²) in [7, 11) is 0. The highest BCUT2D eigenvalue weighted by molar-refractivity contribution is 7.26. The average molecular weight is 599 g/mol. The second-order valence-electron chi connectivity index (χ2n) is 10.7. The van der Waals surface area contributed by atoms with Crippen LogP contribution in [0.1, 0.15) is 0 Å². The molecular formula is C38H22N4S2. The molecule has 0 unspecified atom stereocenters. The van der Waals surface area contributed by atoms with Crippen LogP contribution >= 0.6 is 22.7 Å². The van der Waals surface area contributed by atoms with E-state index in [1.165, 1.54) is 19.5 Å². The zero-order chi connectivity index (χ0) is 29.0. The van der Waals surface area contributed by atoms with Crippen LogP contribution in [-0.4, -0.2) is 19.9 Å². The predicted molar refractivity (Wildman–Crippen MR) is 185 cm³/mol. The monoisotopic (exact) mass is 598 g/mol. The molecule has 6 aromatic carbocycles. The van der Waals surface area contributed by atoms with Crippen molar-refractivity contribution in [3.05, 3.63) is 133 Å². The standard InChI is InChI=1S/C38H22N4S2/c1-3-11-24(12-4-1)35-40-36(27-19-18-23-10-7-8-15-26(23)22-27)42-37(41-35)28-16-9-17-29-32(28)33-30(43-29)20-21-31-34(33)39-38(44-31)25-13-5-2-6-14-25/h1-22H. The zero-order valence-corrected chi connectivity index (χ0v) is 24.9. The summed E-state index contributed by atoms with van der Waals surface area (Å²) in [6.07, 6.45) is 0. The summed E-state index contributed by atoms with van der Waals surface area (Å²) in [5.41, 5.74) is 5.05. The smallest absolute Gasteiger partial charge is 0.164 e. The van der Waals surface area contributed by atoms with Crippen LogP contribution in [0.15, 0.2) is 133 Å². The molecule has 9 rings (SSSR count). The number of hydrogen-bond donors (Lipinski definition) is 0. The molecule has 6 heteroatoms. The fourth-order valence-electron chi connectivity index (χ4n) is 5.86. The van der Waals surface area contributed by atoms with Gasteiger partial charge in [-0.05, 0) is 35.0 Å². The lowest BCUT2D eigenvalue weighted by Crippen LogP contribution is -2.00. The molecule has 206 valence electrons. The molecule has 4 nitrogen and oxygen atoms in total. The van der Waals surface area contributed by atoms with Crippen LogP contribution in [0.2, 0.25) is 0 Å². The van der Waals surface area contributed by atoms with E-state index in [2.05, 4.69) is 97.1 Å². The highest BCUT2D eigenvalue weighted by Crippen LogP contribution is 2.44. The number of nitrogens with zero attached hydrogens (tertiary/aromatic N) is 4. The Morgan fingerprint density at radius 1 is 0.386 bits per heavy atom. The molecular weight excluding hydrogens is 577 g/mol. The third kappa shape index (κ3) is 4.19. The summed E-state index contributed by atoms with van der Waals surface area (Å²) in [6.45, 7) is 0. The Bertz CT molecular complexity index is 2500. The van der Waals surface area contributed by atoms with Crippen LogP contribution < -0.4 is 0 Å². The largest absolute Gasteiger partial charge is 0.235 e. The van der Waals surface area contributed by atoms with Gasteiger partial charge in [0.15, 0.2) is 17.5 Å². The molecule has 0 saturated carbocycles. The predicted octanol–water partition coefficient (Wildman–Crippen LogP) is 10.7. The topological polar surface area (TPSA) is 51.6 Å². The van der Waals surface area contributed by atoms with Gasteiger partial charge in [-0.15, -0.1) is 22.7 Å². The van der Waals surface area contributed by atoms with Crippen molar-refractivity contribution in [2.45, 2.75) is 0 Å². The van der Waals surface area contributed by atoms with Gasteiger partial charge in [-0.1, -0.05) is 109 Å². The van der Waals surface area contributed by atoms with Gasteiger partial charge >= 0.3 is 0 Å². The van der Waals surface area contributed by atoms with Crippen LogP contribution in [-0.2, 0) is 0 Å².